The van der Waals surface area contributed by atoms with Crippen LogP contribution in [0.1, 0.15) is 48.4 Å². The summed E-state index contributed by atoms with van der Waals surface area (Å²) in [5.41, 5.74) is 4.93. The molecule has 0 fully saturated rings. The van der Waals surface area contributed by atoms with Gasteiger partial charge in [0.25, 0.3) is 0 Å². The van der Waals surface area contributed by atoms with Crippen LogP contribution in [0.2, 0.25) is 0 Å². The summed E-state index contributed by atoms with van der Waals surface area (Å²) < 4.78 is 64.7. The van der Waals surface area contributed by atoms with Crippen molar-refractivity contribution in [1.82, 2.24) is 19.4 Å². The summed E-state index contributed by atoms with van der Waals surface area (Å²) in [7, 11) is 0. The van der Waals surface area contributed by atoms with Gasteiger partial charge in [0.15, 0.2) is 0 Å². The number of benzene rings is 3. The van der Waals surface area contributed by atoms with E-state index in [1.807, 2.05) is 104 Å². The van der Waals surface area contributed by atoms with Crippen LogP contribution in [-0.4, -0.2) is 19.4 Å². The zero-order chi connectivity index (χ0) is 36.1. The van der Waals surface area contributed by atoms with Gasteiger partial charge in [0.05, 0.1) is 11.0 Å². The Labute approximate surface area is 278 Å². The quantitative estimate of drug-likeness (QED) is 0.170. The van der Waals surface area contributed by atoms with Crippen LogP contribution in [0.25, 0.3) is 50.0 Å². The van der Waals surface area contributed by atoms with Gasteiger partial charge in [0, 0.05) is 49.7 Å². The number of pyridine rings is 3. The van der Waals surface area contributed by atoms with Crippen molar-refractivity contribution in [2.75, 3.05) is 0 Å². The van der Waals surface area contributed by atoms with Crippen molar-refractivity contribution in [3.8, 4) is 22.5 Å². The van der Waals surface area contributed by atoms with Gasteiger partial charge in [-0.3, -0.25) is 0 Å². The maximum Gasteiger partial charge on any atom is 0.127 e. The van der Waals surface area contributed by atoms with E-state index < -0.39 is 25.5 Å². The monoisotopic (exact) mass is 747 g/mol. The van der Waals surface area contributed by atoms with E-state index in [1.54, 1.807) is 12.3 Å². The van der Waals surface area contributed by atoms with Crippen LogP contribution in [0.5, 0.6) is 0 Å². The summed E-state index contributed by atoms with van der Waals surface area (Å²) in [4.78, 5) is 13.4. The summed E-state index contributed by atoms with van der Waals surface area (Å²) in [6, 6.07) is 32.4. The molecule has 0 aliphatic heterocycles. The molecule has 7 rings (SSSR count). The molecule has 217 valence electrons. The smallest absolute Gasteiger partial charge is 0.127 e. The van der Waals surface area contributed by atoms with Gasteiger partial charge in [-0.15, -0.1) is 59.7 Å². The van der Waals surface area contributed by atoms with Crippen molar-refractivity contribution < 1.29 is 31.1 Å². The van der Waals surface area contributed by atoms with Gasteiger partial charge in [-0.2, -0.15) is 0 Å². The fourth-order valence-corrected chi connectivity index (χ4v) is 4.74. The molecule has 0 unspecified atom stereocenters. The zero-order valence-corrected chi connectivity index (χ0v) is 26.3. The molecule has 0 saturated carbocycles. The number of nitrogens with zero attached hydrogens (tertiary/aromatic N) is 4. The molecule has 0 amide bonds. The third kappa shape index (κ3) is 6.74. The van der Waals surface area contributed by atoms with E-state index in [9.17, 15) is 0 Å². The second-order valence-corrected chi connectivity index (χ2v) is 11.0. The van der Waals surface area contributed by atoms with Gasteiger partial charge in [0.1, 0.15) is 5.65 Å². The standard InChI is InChI=1S/C22H16N3.C16H18N.Ir/c1-14-11-20(23-13-15(14)2)17-8-7-16-9-10-25-21-6-4-3-5-19(21)24-22(25)18(16)12-17;1-16(2,3)11-13-9-10-15(17-12-13)14-7-5-4-6-8-14;/h3-7,9-13H,1-2H3;4-7,9-10,12H,11H2,1-3H3;/q2*-1;/i1D3,2D3;11D2;. The number of para-hydroxylation sites is 2. The van der Waals surface area contributed by atoms with Gasteiger partial charge < -0.3 is 14.4 Å². The molecule has 4 aromatic heterocycles. The largest absolute Gasteiger partial charge is 0.304 e. The molecule has 5 heteroatoms. The molecule has 4 nitrogen and oxygen atoms in total. The number of hydrogen-bond donors (Lipinski definition) is 0. The van der Waals surface area contributed by atoms with E-state index >= 15 is 0 Å². The van der Waals surface area contributed by atoms with E-state index in [4.69, 9.17) is 16.0 Å². The third-order valence-electron chi connectivity index (χ3n) is 6.67. The Morgan fingerprint density at radius 1 is 0.837 bits per heavy atom. The van der Waals surface area contributed by atoms with Crippen molar-refractivity contribution >= 4 is 27.5 Å². The Morgan fingerprint density at radius 3 is 2.40 bits per heavy atom. The molecule has 1 radical (unpaired) electrons. The first-order valence-corrected chi connectivity index (χ1v) is 13.6. The number of rotatable bonds is 3. The number of fused-ring (bicyclic) bond motifs is 5. The van der Waals surface area contributed by atoms with Gasteiger partial charge in [-0.1, -0.05) is 73.5 Å². The molecular weight excluding hydrogens is 705 g/mol. The van der Waals surface area contributed by atoms with Crippen LogP contribution in [0.4, 0.5) is 0 Å². The van der Waals surface area contributed by atoms with Crippen molar-refractivity contribution in [2.45, 2.75) is 40.8 Å². The van der Waals surface area contributed by atoms with Gasteiger partial charge in [-0.05, 0) is 60.1 Å². The van der Waals surface area contributed by atoms with E-state index in [-0.39, 0.29) is 31.2 Å². The van der Waals surface area contributed by atoms with E-state index in [1.165, 1.54) is 6.07 Å². The molecule has 0 aliphatic carbocycles. The van der Waals surface area contributed by atoms with Crippen LogP contribution in [-0.2, 0) is 26.5 Å². The maximum absolute atomic E-state index is 8.21. The number of aryl methyl sites for hydroxylation is 2. The zero-order valence-electron chi connectivity index (χ0n) is 31.9. The first-order chi connectivity index (χ1) is 23.4. The van der Waals surface area contributed by atoms with Crippen LogP contribution < -0.4 is 0 Å². The Morgan fingerprint density at radius 2 is 1.65 bits per heavy atom. The molecule has 0 N–H and O–H groups in total. The van der Waals surface area contributed by atoms with Gasteiger partial charge in [-0.25, -0.2) is 4.98 Å². The minimum Gasteiger partial charge on any atom is -0.304 e. The van der Waals surface area contributed by atoms with E-state index in [0.717, 1.165) is 44.9 Å². The summed E-state index contributed by atoms with van der Waals surface area (Å²) in [6.45, 7) is 0.542. The fourth-order valence-electron chi connectivity index (χ4n) is 4.74. The second-order valence-electron chi connectivity index (χ2n) is 11.0. The number of imidazole rings is 1. The SMILES string of the molecule is [2H]C([2H])([2H])c1cnc(-c2[c-]cc3ccn4c5ccccc5nc4c3c2)cc1C([2H])([2H])[2H].[2H]C([2H])(c1ccc(-c2[c-]cccc2)nc1)C(C)(C)C.[Ir]. The van der Waals surface area contributed by atoms with Crippen LogP contribution in [0, 0.1) is 31.3 Å². The molecule has 7 aromatic rings. The molecule has 0 spiro atoms. The third-order valence-corrected chi connectivity index (χ3v) is 6.67. The maximum atomic E-state index is 8.21. The summed E-state index contributed by atoms with van der Waals surface area (Å²) in [5.74, 6) is 0. The van der Waals surface area contributed by atoms with Gasteiger partial charge in [0.2, 0.25) is 0 Å². The molecule has 4 heterocycles. The Bertz CT molecular complexity index is 2310. The average Bonchev–Trinajstić information content (AvgIpc) is 3.47. The summed E-state index contributed by atoms with van der Waals surface area (Å²) in [5, 5.41) is 1.80. The molecule has 0 bridgehead atoms. The molecular formula is C38H34IrN4-2. The second kappa shape index (κ2) is 12.6. The molecule has 0 atom stereocenters. The predicted octanol–water partition coefficient (Wildman–Crippen LogP) is 9.25. The molecule has 43 heavy (non-hydrogen) atoms. The predicted molar refractivity (Wildman–Crippen MR) is 173 cm³/mol. The van der Waals surface area contributed by atoms with Crippen LogP contribution in [0.3, 0.4) is 0 Å². The van der Waals surface area contributed by atoms with E-state index in [0.29, 0.717) is 16.8 Å². The molecule has 0 saturated heterocycles. The first kappa shape index (κ1) is 21.5. The molecule has 0 aliphatic rings. The number of aromatic nitrogens is 4. The summed E-state index contributed by atoms with van der Waals surface area (Å²) >= 11 is 0. The summed E-state index contributed by atoms with van der Waals surface area (Å²) in [6.07, 6.45) is 3.31. The van der Waals surface area contributed by atoms with Gasteiger partial charge >= 0.3 is 0 Å². The van der Waals surface area contributed by atoms with Crippen molar-refractivity contribution in [3.63, 3.8) is 0 Å². The Hall–Kier alpha value is -4.18. The molecule has 3 aromatic carbocycles. The first-order valence-electron chi connectivity index (χ1n) is 17.6. The van der Waals surface area contributed by atoms with Crippen LogP contribution in [0.15, 0.2) is 104 Å². The minimum atomic E-state index is -2.58. The number of hydrogen-bond acceptors (Lipinski definition) is 3. The van der Waals surface area contributed by atoms with Crippen molar-refractivity contribution in [3.05, 3.63) is 132 Å². The average molecular weight is 747 g/mol. The Kier molecular flexibility index (Phi) is 6.29. The normalized spacial score (nSPS) is 15.0. The van der Waals surface area contributed by atoms with E-state index in [2.05, 4.69) is 22.1 Å². The van der Waals surface area contributed by atoms with Crippen molar-refractivity contribution in [2.24, 2.45) is 5.41 Å². The fraction of sp³-hybridized carbons (Fsp3) is 0.184. The Balaban J connectivity index is 0.000000218. The minimum absolute atomic E-state index is 0. The van der Waals surface area contributed by atoms with Crippen molar-refractivity contribution in [1.29, 1.82) is 0 Å². The van der Waals surface area contributed by atoms with Crippen LogP contribution >= 0.6 is 0 Å². The topological polar surface area (TPSA) is 43.1 Å².